The van der Waals surface area contributed by atoms with Crippen molar-refractivity contribution >= 4 is 26.9 Å². The van der Waals surface area contributed by atoms with Gasteiger partial charge in [-0.1, -0.05) is 6.92 Å². The number of hydrogen-bond acceptors (Lipinski definition) is 6. The zero-order chi connectivity index (χ0) is 24.6. The minimum absolute atomic E-state index is 0.00229. The molecule has 9 nitrogen and oxygen atoms in total. The number of nitrogens with zero attached hydrogens (tertiary/aromatic N) is 3. The Morgan fingerprint density at radius 3 is 2.44 bits per heavy atom. The Morgan fingerprint density at radius 2 is 1.82 bits per heavy atom. The van der Waals surface area contributed by atoms with Gasteiger partial charge in [0, 0.05) is 18.5 Å². The second-order valence-corrected chi connectivity index (χ2v) is 10.8. The van der Waals surface area contributed by atoms with Crippen LogP contribution in [0, 0.1) is 5.92 Å². The molecule has 10 heteroatoms. The van der Waals surface area contributed by atoms with Crippen LogP contribution in [0.15, 0.2) is 47.4 Å². The summed E-state index contributed by atoms with van der Waals surface area (Å²) in [4.78, 5) is 11.6. The van der Waals surface area contributed by atoms with Crippen molar-refractivity contribution in [2.45, 2.75) is 44.2 Å². The lowest BCUT2D eigenvalue weighted by Crippen LogP contribution is -2.29. The molecule has 1 saturated heterocycles. The number of carbonyl (C=O) groups is 1. The molecule has 1 N–H and O–H groups in total. The van der Waals surface area contributed by atoms with E-state index in [1.807, 2.05) is 26.8 Å². The maximum atomic E-state index is 13.3. The second-order valence-electron chi connectivity index (χ2n) is 8.85. The minimum atomic E-state index is -3.71. The molecule has 0 bridgehead atoms. The third-order valence-electron chi connectivity index (χ3n) is 6.00. The molecule has 2 heterocycles. The number of carboxylic acids is 1. The summed E-state index contributed by atoms with van der Waals surface area (Å²) in [6.07, 6.45) is -0.234. The normalized spacial score (nSPS) is 19.1. The smallest absolute Gasteiger partial charge is 0.309 e. The van der Waals surface area contributed by atoms with Gasteiger partial charge in [0.05, 0.1) is 41.8 Å². The van der Waals surface area contributed by atoms with Gasteiger partial charge in [0.2, 0.25) is 10.0 Å². The van der Waals surface area contributed by atoms with Crippen LogP contribution < -0.4 is 9.47 Å². The zero-order valence-corrected chi connectivity index (χ0v) is 20.4. The Kier molecular flexibility index (Phi) is 6.55. The Balaban J connectivity index is 1.64. The SMILES string of the molecule is COc1ccc2c(c1)c(CC(=O)O)nn2[C@H]1CN(S(=O)(=O)c2ccc(OC(C)C)cc2)C[C@H]1C. The summed E-state index contributed by atoms with van der Waals surface area (Å²) in [6.45, 7) is 6.38. The van der Waals surface area contributed by atoms with E-state index in [0.717, 1.165) is 5.52 Å². The van der Waals surface area contributed by atoms with Gasteiger partial charge in [-0.3, -0.25) is 9.48 Å². The van der Waals surface area contributed by atoms with Gasteiger partial charge in [-0.2, -0.15) is 9.40 Å². The summed E-state index contributed by atoms with van der Waals surface area (Å²) in [7, 11) is -2.16. The molecule has 0 saturated carbocycles. The van der Waals surface area contributed by atoms with Gasteiger partial charge in [0.25, 0.3) is 0 Å². The van der Waals surface area contributed by atoms with Crippen molar-refractivity contribution in [1.29, 1.82) is 0 Å². The quantitative estimate of drug-likeness (QED) is 0.519. The third kappa shape index (κ3) is 4.60. The van der Waals surface area contributed by atoms with Crippen LogP contribution in [-0.4, -0.2) is 59.9 Å². The van der Waals surface area contributed by atoms with Crippen LogP contribution in [0.4, 0.5) is 0 Å². The molecule has 2 aromatic carbocycles. The van der Waals surface area contributed by atoms with Crippen LogP contribution in [0.25, 0.3) is 10.9 Å². The maximum Gasteiger partial charge on any atom is 0.309 e. The number of methoxy groups -OCH3 is 1. The van der Waals surface area contributed by atoms with Crippen molar-refractivity contribution in [3.63, 3.8) is 0 Å². The molecule has 0 aliphatic carbocycles. The average Bonchev–Trinajstić information content (AvgIpc) is 3.33. The Morgan fingerprint density at radius 1 is 1.15 bits per heavy atom. The Bertz CT molecular complexity index is 1300. The number of aromatic nitrogens is 2. The molecule has 4 rings (SSSR count). The standard InChI is InChI=1S/C24H29N3O6S/c1-15(2)33-17-5-8-19(9-6-17)34(30,31)26-13-16(3)23(14-26)27-22-10-7-18(32-4)11-20(22)21(25-27)12-24(28)29/h5-11,15-16,23H,12-14H2,1-4H3,(H,28,29)/t16-,23+/m1/s1. The van der Waals surface area contributed by atoms with E-state index >= 15 is 0 Å². The van der Waals surface area contributed by atoms with Gasteiger partial charge in [0.1, 0.15) is 11.5 Å². The number of aliphatic carboxylic acids is 1. The van der Waals surface area contributed by atoms with Gasteiger partial charge >= 0.3 is 5.97 Å². The van der Waals surface area contributed by atoms with Crippen molar-refractivity contribution < 1.29 is 27.8 Å². The van der Waals surface area contributed by atoms with Crippen LogP contribution in [0.2, 0.25) is 0 Å². The molecule has 3 aromatic rings. The van der Waals surface area contributed by atoms with E-state index in [1.165, 1.54) is 4.31 Å². The van der Waals surface area contributed by atoms with Crippen LogP contribution in [0.1, 0.15) is 32.5 Å². The minimum Gasteiger partial charge on any atom is -0.497 e. The van der Waals surface area contributed by atoms with E-state index < -0.39 is 16.0 Å². The molecule has 1 aliphatic rings. The topological polar surface area (TPSA) is 111 Å². The lowest BCUT2D eigenvalue weighted by Gasteiger charge is -2.18. The Labute approximate surface area is 198 Å². The molecule has 0 spiro atoms. The van der Waals surface area contributed by atoms with Crippen molar-refractivity contribution in [3.8, 4) is 11.5 Å². The fraction of sp³-hybridized carbons (Fsp3) is 0.417. The number of rotatable bonds is 8. The molecule has 34 heavy (non-hydrogen) atoms. The molecular weight excluding hydrogens is 458 g/mol. The first-order valence-corrected chi connectivity index (χ1v) is 12.6. The van der Waals surface area contributed by atoms with Gasteiger partial charge in [-0.25, -0.2) is 8.42 Å². The zero-order valence-electron chi connectivity index (χ0n) is 19.6. The lowest BCUT2D eigenvalue weighted by molar-refractivity contribution is -0.136. The van der Waals surface area contributed by atoms with Gasteiger partial charge in [0.15, 0.2) is 0 Å². The molecule has 0 radical (unpaired) electrons. The molecule has 0 amide bonds. The molecule has 2 atom stereocenters. The highest BCUT2D eigenvalue weighted by Crippen LogP contribution is 2.35. The summed E-state index contributed by atoms with van der Waals surface area (Å²) in [6, 6.07) is 11.6. The van der Waals surface area contributed by atoms with E-state index in [1.54, 1.807) is 48.2 Å². The number of hydrogen-bond donors (Lipinski definition) is 1. The second kappa shape index (κ2) is 9.27. The number of fused-ring (bicyclic) bond motifs is 1. The third-order valence-corrected chi connectivity index (χ3v) is 7.84. The van der Waals surface area contributed by atoms with E-state index in [2.05, 4.69) is 5.10 Å². The summed E-state index contributed by atoms with van der Waals surface area (Å²) in [5.41, 5.74) is 1.18. The molecule has 1 fully saturated rings. The van der Waals surface area contributed by atoms with Crippen molar-refractivity contribution in [3.05, 3.63) is 48.2 Å². The predicted molar refractivity (Wildman–Crippen MR) is 127 cm³/mol. The van der Waals surface area contributed by atoms with Crippen LogP contribution in [0.5, 0.6) is 11.5 Å². The summed E-state index contributed by atoms with van der Waals surface area (Å²) in [5, 5.41) is 14.6. The highest BCUT2D eigenvalue weighted by molar-refractivity contribution is 7.89. The van der Waals surface area contributed by atoms with E-state index in [-0.39, 0.29) is 35.9 Å². The molecule has 1 aliphatic heterocycles. The molecule has 0 unspecified atom stereocenters. The van der Waals surface area contributed by atoms with Crippen molar-refractivity contribution in [2.24, 2.45) is 5.92 Å². The summed E-state index contributed by atoms with van der Waals surface area (Å²) >= 11 is 0. The maximum absolute atomic E-state index is 13.3. The van der Waals surface area contributed by atoms with Crippen LogP contribution >= 0.6 is 0 Å². The van der Waals surface area contributed by atoms with E-state index in [9.17, 15) is 18.3 Å². The number of carboxylic acid groups (broad SMARTS) is 1. The van der Waals surface area contributed by atoms with E-state index in [4.69, 9.17) is 9.47 Å². The first kappa shape index (κ1) is 24.0. The first-order chi connectivity index (χ1) is 16.1. The van der Waals surface area contributed by atoms with Crippen LogP contribution in [0.3, 0.4) is 0 Å². The molecule has 182 valence electrons. The molecular formula is C24H29N3O6S. The van der Waals surface area contributed by atoms with Crippen LogP contribution in [-0.2, 0) is 21.2 Å². The first-order valence-electron chi connectivity index (χ1n) is 11.1. The van der Waals surface area contributed by atoms with Gasteiger partial charge < -0.3 is 14.6 Å². The highest BCUT2D eigenvalue weighted by Gasteiger charge is 2.39. The molecule has 1 aromatic heterocycles. The highest BCUT2D eigenvalue weighted by atomic mass is 32.2. The van der Waals surface area contributed by atoms with E-state index in [0.29, 0.717) is 29.1 Å². The number of ether oxygens (including phenoxy) is 2. The van der Waals surface area contributed by atoms with Crippen molar-refractivity contribution in [1.82, 2.24) is 14.1 Å². The fourth-order valence-corrected chi connectivity index (χ4v) is 5.93. The Hall–Kier alpha value is -3.11. The van der Waals surface area contributed by atoms with Gasteiger partial charge in [-0.15, -0.1) is 0 Å². The number of benzene rings is 2. The largest absolute Gasteiger partial charge is 0.497 e. The lowest BCUT2D eigenvalue weighted by atomic mass is 10.1. The van der Waals surface area contributed by atoms with Crippen molar-refractivity contribution in [2.75, 3.05) is 20.2 Å². The van der Waals surface area contributed by atoms with Gasteiger partial charge in [-0.05, 0) is 62.2 Å². The summed E-state index contributed by atoms with van der Waals surface area (Å²) < 4.78 is 40.8. The fourth-order valence-electron chi connectivity index (χ4n) is 4.37. The average molecular weight is 488 g/mol. The monoisotopic (exact) mass is 487 g/mol. The predicted octanol–water partition coefficient (Wildman–Crippen LogP) is 3.34. The summed E-state index contributed by atoms with van der Waals surface area (Å²) in [5.74, 6) is 0.211. The number of sulfonamides is 1.